The number of carbonyl (C=O) groups excluding carboxylic acids is 1. The molecule has 116 valence electrons. The second kappa shape index (κ2) is 10.2. The summed E-state index contributed by atoms with van der Waals surface area (Å²) < 4.78 is 0. The van der Waals surface area contributed by atoms with Crippen molar-refractivity contribution in [2.75, 3.05) is 6.54 Å². The van der Waals surface area contributed by atoms with Gasteiger partial charge in [-0.05, 0) is 13.3 Å². The molecule has 0 aromatic rings. The minimum atomic E-state index is -1.12. The van der Waals surface area contributed by atoms with E-state index in [1.807, 2.05) is 0 Å². The molecule has 0 saturated heterocycles. The van der Waals surface area contributed by atoms with Crippen molar-refractivity contribution in [1.82, 2.24) is 4.90 Å². The lowest BCUT2D eigenvalue weighted by molar-refractivity contribution is -0.150. The van der Waals surface area contributed by atoms with Crippen LogP contribution in [0.15, 0.2) is 0 Å². The molecule has 6 nitrogen and oxygen atoms in total. The Morgan fingerprint density at radius 2 is 1.60 bits per heavy atom. The Morgan fingerprint density at radius 3 is 2.10 bits per heavy atom. The fraction of sp³-hybridized carbons (Fsp3) is 0.786. The third-order valence-electron chi connectivity index (χ3n) is 3.21. The highest BCUT2D eigenvalue weighted by atomic mass is 16.4. The van der Waals surface area contributed by atoms with Crippen LogP contribution in [-0.4, -0.2) is 45.5 Å². The van der Waals surface area contributed by atoms with Crippen LogP contribution in [-0.2, 0) is 14.4 Å². The number of aliphatic carboxylic acids is 2. The van der Waals surface area contributed by atoms with Gasteiger partial charge in [0.05, 0.1) is 6.42 Å². The molecule has 0 saturated carbocycles. The van der Waals surface area contributed by atoms with Crippen molar-refractivity contribution in [3.8, 4) is 0 Å². The summed E-state index contributed by atoms with van der Waals surface area (Å²) in [6.45, 7) is 3.45. The van der Waals surface area contributed by atoms with Crippen molar-refractivity contribution < 1.29 is 24.6 Å². The predicted octanol–water partition coefficient (Wildman–Crippen LogP) is 2.12. The van der Waals surface area contributed by atoms with Gasteiger partial charge in [0.25, 0.3) is 0 Å². The first-order chi connectivity index (χ1) is 9.40. The highest BCUT2D eigenvalue weighted by Crippen LogP contribution is 2.10. The van der Waals surface area contributed by atoms with Gasteiger partial charge in [0.1, 0.15) is 6.04 Å². The number of carboxylic acid groups (broad SMARTS) is 2. The van der Waals surface area contributed by atoms with Gasteiger partial charge >= 0.3 is 11.9 Å². The molecule has 0 aromatic heterocycles. The Kier molecular flexibility index (Phi) is 9.41. The first-order valence-electron chi connectivity index (χ1n) is 7.14. The number of nitrogens with zero attached hydrogens (tertiary/aromatic N) is 1. The number of carboxylic acids is 2. The lowest BCUT2D eigenvalue weighted by Crippen LogP contribution is -2.44. The monoisotopic (exact) mass is 287 g/mol. The highest BCUT2D eigenvalue weighted by molar-refractivity contribution is 5.83. The zero-order chi connectivity index (χ0) is 15.5. The first kappa shape index (κ1) is 18.4. The smallest absolute Gasteiger partial charge is 0.326 e. The van der Waals surface area contributed by atoms with E-state index in [9.17, 15) is 14.4 Å². The number of amides is 1. The molecule has 0 heterocycles. The summed E-state index contributed by atoms with van der Waals surface area (Å²) in [5.74, 6) is -2.43. The van der Waals surface area contributed by atoms with E-state index in [0.29, 0.717) is 0 Å². The van der Waals surface area contributed by atoms with Gasteiger partial charge in [0.2, 0.25) is 5.91 Å². The third kappa shape index (κ3) is 7.76. The summed E-state index contributed by atoms with van der Waals surface area (Å²) in [5, 5.41) is 17.6. The molecule has 0 aliphatic carbocycles. The van der Waals surface area contributed by atoms with Gasteiger partial charge in [0.15, 0.2) is 0 Å². The van der Waals surface area contributed by atoms with E-state index in [1.165, 1.54) is 6.92 Å². The van der Waals surface area contributed by atoms with Crippen LogP contribution in [0.1, 0.15) is 58.8 Å². The van der Waals surface area contributed by atoms with Crippen molar-refractivity contribution in [2.24, 2.45) is 0 Å². The maximum Gasteiger partial charge on any atom is 0.326 e. The van der Waals surface area contributed by atoms with Crippen molar-refractivity contribution in [1.29, 1.82) is 0 Å². The molecule has 0 aromatic carbocycles. The Labute approximate surface area is 119 Å². The van der Waals surface area contributed by atoms with Gasteiger partial charge in [-0.25, -0.2) is 4.79 Å². The molecule has 0 aliphatic heterocycles. The lowest BCUT2D eigenvalue weighted by atomic mass is 10.1. The number of hydrogen-bond donors (Lipinski definition) is 2. The van der Waals surface area contributed by atoms with Gasteiger partial charge in [0, 0.05) is 13.0 Å². The van der Waals surface area contributed by atoms with Crippen molar-refractivity contribution in [2.45, 2.75) is 64.8 Å². The number of carbonyl (C=O) groups is 3. The number of hydrogen-bond acceptors (Lipinski definition) is 3. The minimum absolute atomic E-state index is 0.0589. The van der Waals surface area contributed by atoms with E-state index < -0.39 is 18.0 Å². The minimum Gasteiger partial charge on any atom is -0.481 e. The molecule has 1 amide bonds. The summed E-state index contributed by atoms with van der Waals surface area (Å²) in [4.78, 5) is 34.7. The summed E-state index contributed by atoms with van der Waals surface area (Å²) in [6.07, 6.45) is 5.01. The molecule has 0 aliphatic rings. The van der Waals surface area contributed by atoms with Gasteiger partial charge in [-0.2, -0.15) is 0 Å². The zero-order valence-electron chi connectivity index (χ0n) is 12.3. The average molecular weight is 287 g/mol. The van der Waals surface area contributed by atoms with Crippen LogP contribution in [0.3, 0.4) is 0 Å². The van der Waals surface area contributed by atoms with Gasteiger partial charge in [-0.3, -0.25) is 9.59 Å². The third-order valence-corrected chi connectivity index (χ3v) is 3.21. The molecular formula is C14H25NO5. The van der Waals surface area contributed by atoms with Gasteiger partial charge < -0.3 is 15.1 Å². The van der Waals surface area contributed by atoms with E-state index in [1.54, 1.807) is 0 Å². The number of rotatable bonds is 11. The SMILES string of the molecule is CCCCCCCC(=O)N(CCC(=O)O)[C@@H](C)C(=O)O. The molecule has 0 unspecified atom stereocenters. The number of unbranched alkanes of at least 4 members (excludes halogenated alkanes) is 4. The van der Waals surface area contributed by atoms with Crippen molar-refractivity contribution >= 4 is 17.8 Å². The van der Waals surface area contributed by atoms with Crippen LogP contribution in [0, 0.1) is 0 Å². The van der Waals surface area contributed by atoms with Gasteiger partial charge in [-0.1, -0.05) is 32.6 Å². The molecule has 2 N–H and O–H groups in total. The summed E-state index contributed by atoms with van der Waals surface area (Å²) in [7, 11) is 0. The second-order valence-electron chi connectivity index (χ2n) is 4.91. The quantitative estimate of drug-likeness (QED) is 0.568. The molecule has 0 rings (SSSR count). The lowest BCUT2D eigenvalue weighted by Gasteiger charge is -2.26. The Morgan fingerprint density at radius 1 is 1.00 bits per heavy atom. The van der Waals surface area contributed by atoms with Gasteiger partial charge in [-0.15, -0.1) is 0 Å². The standard InChI is InChI=1S/C14H25NO5/c1-3-4-5-6-7-8-12(16)15(10-9-13(17)18)11(2)14(19)20/h11H,3-10H2,1-2H3,(H,17,18)(H,19,20)/t11-/m0/s1. The molecule has 0 bridgehead atoms. The summed E-state index contributed by atoms with van der Waals surface area (Å²) in [5.41, 5.74) is 0. The fourth-order valence-electron chi connectivity index (χ4n) is 1.91. The van der Waals surface area contributed by atoms with Crippen LogP contribution in [0.4, 0.5) is 0 Å². The first-order valence-corrected chi connectivity index (χ1v) is 7.14. The largest absolute Gasteiger partial charge is 0.481 e. The summed E-state index contributed by atoms with van der Waals surface area (Å²) >= 11 is 0. The molecule has 0 fully saturated rings. The van der Waals surface area contributed by atoms with Crippen molar-refractivity contribution in [3.63, 3.8) is 0 Å². The van der Waals surface area contributed by atoms with E-state index in [2.05, 4.69) is 6.92 Å². The van der Waals surface area contributed by atoms with Crippen LogP contribution in [0.5, 0.6) is 0 Å². The Balaban J connectivity index is 4.33. The molecule has 1 atom stereocenters. The van der Waals surface area contributed by atoms with Crippen LogP contribution in [0.2, 0.25) is 0 Å². The van der Waals surface area contributed by atoms with E-state index in [-0.39, 0.29) is 25.3 Å². The average Bonchev–Trinajstić information content (AvgIpc) is 2.37. The normalized spacial score (nSPS) is 11.9. The van der Waals surface area contributed by atoms with E-state index in [0.717, 1.165) is 37.0 Å². The Bertz CT molecular complexity index is 330. The van der Waals surface area contributed by atoms with Crippen molar-refractivity contribution in [3.05, 3.63) is 0 Å². The molecule has 6 heteroatoms. The second-order valence-corrected chi connectivity index (χ2v) is 4.91. The maximum atomic E-state index is 12.0. The van der Waals surface area contributed by atoms with E-state index in [4.69, 9.17) is 10.2 Å². The van der Waals surface area contributed by atoms with Crippen LogP contribution >= 0.6 is 0 Å². The zero-order valence-corrected chi connectivity index (χ0v) is 12.3. The highest BCUT2D eigenvalue weighted by Gasteiger charge is 2.25. The molecule has 20 heavy (non-hydrogen) atoms. The predicted molar refractivity (Wildman–Crippen MR) is 74.4 cm³/mol. The molecule has 0 spiro atoms. The van der Waals surface area contributed by atoms with E-state index >= 15 is 0 Å². The summed E-state index contributed by atoms with van der Waals surface area (Å²) in [6, 6.07) is -0.988. The molecular weight excluding hydrogens is 262 g/mol. The van der Waals surface area contributed by atoms with Crippen LogP contribution in [0.25, 0.3) is 0 Å². The fourth-order valence-corrected chi connectivity index (χ4v) is 1.91. The Hall–Kier alpha value is -1.59. The van der Waals surface area contributed by atoms with Crippen LogP contribution < -0.4 is 0 Å². The molecule has 0 radical (unpaired) electrons. The maximum absolute atomic E-state index is 12.0. The topological polar surface area (TPSA) is 94.9 Å².